The van der Waals surface area contributed by atoms with Crippen molar-refractivity contribution < 1.29 is 53.2 Å². The minimum absolute atomic E-state index is 0.0614. The van der Waals surface area contributed by atoms with Crippen molar-refractivity contribution in [3.8, 4) is 0 Å². The van der Waals surface area contributed by atoms with E-state index in [1.807, 2.05) is 19.9 Å². The Kier molecular flexibility index (Phi) is 9.68. The van der Waals surface area contributed by atoms with Crippen LogP contribution in [0.3, 0.4) is 0 Å². The summed E-state index contributed by atoms with van der Waals surface area (Å²) in [6.07, 6.45) is -10.5. The van der Waals surface area contributed by atoms with Gasteiger partial charge >= 0.3 is 31.5 Å². The molecule has 0 saturated carbocycles. The normalized spacial score (nSPS) is 16.0. The molecule has 2 heterocycles. The summed E-state index contributed by atoms with van der Waals surface area (Å²) in [4.78, 5) is 4.62. The molecule has 44 heavy (non-hydrogen) atoms. The van der Waals surface area contributed by atoms with E-state index in [2.05, 4.69) is 4.99 Å². The number of allylic oxidation sites excluding steroid dienone is 2. The fourth-order valence-electron chi connectivity index (χ4n) is 4.99. The number of aliphatic imine (C=N–C) groups is 1. The summed E-state index contributed by atoms with van der Waals surface area (Å²) in [6.45, 7) is 8.80. The second-order valence-corrected chi connectivity index (χ2v) is 11.0. The molecule has 242 valence electrons. The number of halogens is 10. The maximum Gasteiger partial charge on any atom is 0.598 e. The molecule has 0 radical (unpaired) electrons. The molecule has 2 aromatic rings. The van der Waals surface area contributed by atoms with Crippen LogP contribution in [-0.4, -0.2) is 54.9 Å². The molecule has 1 aliphatic rings. The van der Waals surface area contributed by atoms with Gasteiger partial charge < -0.3 is 13.8 Å². The number of rotatable bonds is 9. The van der Waals surface area contributed by atoms with Crippen LogP contribution in [0.15, 0.2) is 34.5 Å². The van der Waals surface area contributed by atoms with Crippen molar-refractivity contribution in [1.29, 1.82) is 0 Å². The summed E-state index contributed by atoms with van der Waals surface area (Å²) in [5, 5.41) is 0. The summed E-state index contributed by atoms with van der Waals surface area (Å²) in [5.74, 6) is -11.0. The molecule has 0 saturated heterocycles. The quantitative estimate of drug-likeness (QED) is 0.203. The van der Waals surface area contributed by atoms with Crippen LogP contribution < -0.4 is 0 Å². The average molecular weight is 640 g/mol. The van der Waals surface area contributed by atoms with Gasteiger partial charge in [0, 0.05) is 22.7 Å². The molecular formula is C29H31BF10N2O2. The maximum atomic E-state index is 14.0. The third-order valence-electron chi connectivity index (χ3n) is 7.45. The standard InChI is InChI=1S/C29H31BF10N2O2/c1-14-9-15(2)21(8)22(20(14)7)23(24-16(3)10-18(5)41-24)25-17(4)11-19(6)42(25)30(43-12-26(31,32)28(35,36)37)44-13-27(33,34)29(38,39)40/h9-11H,12-13H2,1-8H3/b24-23-. The molecule has 0 fully saturated rings. The number of benzene rings is 1. The smallest absolute Gasteiger partial charge is 0.385 e. The predicted molar refractivity (Wildman–Crippen MR) is 147 cm³/mol. The van der Waals surface area contributed by atoms with Crippen molar-refractivity contribution in [3.63, 3.8) is 0 Å². The van der Waals surface area contributed by atoms with Crippen molar-refractivity contribution in [2.75, 3.05) is 13.2 Å². The molecule has 0 bridgehead atoms. The fourth-order valence-corrected chi connectivity index (χ4v) is 4.99. The molecule has 0 spiro atoms. The second-order valence-electron chi connectivity index (χ2n) is 11.0. The van der Waals surface area contributed by atoms with Crippen LogP contribution in [0, 0.1) is 41.5 Å². The molecular weight excluding hydrogens is 609 g/mol. The van der Waals surface area contributed by atoms with Crippen molar-refractivity contribution >= 4 is 18.5 Å². The largest absolute Gasteiger partial charge is 0.598 e. The zero-order chi connectivity index (χ0) is 33.7. The third kappa shape index (κ3) is 6.78. The van der Waals surface area contributed by atoms with E-state index >= 15 is 0 Å². The second kappa shape index (κ2) is 12.0. The third-order valence-corrected chi connectivity index (χ3v) is 7.45. The van der Waals surface area contributed by atoms with Gasteiger partial charge in [-0.2, -0.15) is 43.9 Å². The van der Waals surface area contributed by atoms with Gasteiger partial charge in [0.1, 0.15) is 13.2 Å². The fraction of sp³-hybridized carbons (Fsp3) is 0.483. The van der Waals surface area contributed by atoms with Gasteiger partial charge in [0.05, 0.1) is 5.70 Å². The lowest BCUT2D eigenvalue weighted by Gasteiger charge is -2.28. The zero-order valence-electron chi connectivity index (χ0n) is 25.2. The van der Waals surface area contributed by atoms with E-state index in [-0.39, 0.29) is 11.4 Å². The van der Waals surface area contributed by atoms with E-state index in [4.69, 9.17) is 9.31 Å². The highest BCUT2D eigenvalue weighted by atomic mass is 19.4. The first-order chi connectivity index (χ1) is 19.9. The van der Waals surface area contributed by atoms with Crippen LogP contribution in [0.5, 0.6) is 0 Å². The van der Waals surface area contributed by atoms with E-state index in [0.29, 0.717) is 33.7 Å². The number of hydrogen-bond acceptors (Lipinski definition) is 3. The number of hydrogen-bond donors (Lipinski definition) is 0. The van der Waals surface area contributed by atoms with Crippen LogP contribution in [0.2, 0.25) is 0 Å². The lowest BCUT2D eigenvalue weighted by Crippen LogP contribution is -2.48. The Morgan fingerprint density at radius 2 is 1.16 bits per heavy atom. The molecule has 1 aromatic carbocycles. The zero-order valence-corrected chi connectivity index (χ0v) is 25.2. The number of alkyl halides is 10. The molecule has 1 aromatic heterocycles. The van der Waals surface area contributed by atoms with Gasteiger partial charge in [-0.05, 0) is 106 Å². The Bertz CT molecular complexity index is 1480. The van der Waals surface area contributed by atoms with Gasteiger partial charge in [-0.3, -0.25) is 4.99 Å². The number of aromatic nitrogens is 1. The molecule has 4 nitrogen and oxygen atoms in total. The van der Waals surface area contributed by atoms with Gasteiger partial charge in [-0.15, -0.1) is 0 Å². The van der Waals surface area contributed by atoms with Gasteiger partial charge in [-0.25, -0.2) is 0 Å². The lowest BCUT2D eigenvalue weighted by atomic mass is 9.85. The van der Waals surface area contributed by atoms with Gasteiger partial charge in [0.25, 0.3) is 0 Å². The summed E-state index contributed by atoms with van der Waals surface area (Å²) < 4.78 is 144. The molecule has 0 unspecified atom stereocenters. The van der Waals surface area contributed by atoms with E-state index < -0.39 is 44.7 Å². The molecule has 0 N–H and O–H groups in total. The van der Waals surface area contributed by atoms with Gasteiger partial charge in [0.15, 0.2) is 0 Å². The first-order valence-electron chi connectivity index (χ1n) is 13.3. The molecule has 0 aliphatic carbocycles. The monoisotopic (exact) mass is 640 g/mol. The van der Waals surface area contributed by atoms with Gasteiger partial charge in [-0.1, -0.05) is 6.07 Å². The van der Waals surface area contributed by atoms with E-state index in [1.165, 1.54) is 13.0 Å². The minimum Gasteiger partial charge on any atom is -0.385 e. The Balaban J connectivity index is 2.38. The topological polar surface area (TPSA) is 35.8 Å². The van der Waals surface area contributed by atoms with Crippen molar-refractivity contribution in [1.82, 2.24) is 4.48 Å². The number of nitrogens with zero attached hydrogens (tertiary/aromatic N) is 2. The summed E-state index contributed by atoms with van der Waals surface area (Å²) in [7, 11) is -2.56. The van der Waals surface area contributed by atoms with Crippen LogP contribution in [0.25, 0.3) is 5.57 Å². The summed E-state index contributed by atoms with van der Waals surface area (Å²) >= 11 is 0. The Labute approximate surface area is 248 Å². The number of aryl methyl sites for hydroxylation is 4. The lowest BCUT2D eigenvalue weighted by molar-refractivity contribution is -0.295. The van der Waals surface area contributed by atoms with Gasteiger partial charge in [0.2, 0.25) is 0 Å². The first kappa shape index (κ1) is 35.4. The minimum atomic E-state index is -6.10. The Morgan fingerprint density at radius 3 is 1.55 bits per heavy atom. The van der Waals surface area contributed by atoms with Crippen LogP contribution in [0.4, 0.5) is 43.9 Å². The molecule has 15 heteroatoms. The highest BCUT2D eigenvalue weighted by Crippen LogP contribution is 2.42. The highest BCUT2D eigenvalue weighted by molar-refractivity contribution is 6.43. The SMILES string of the molecule is CC1=CC(C)=N/C1=C(/c1c(C)c(C)cc(C)c1C)c1c(C)cc(C)n1B(OCC(F)(F)C(F)(F)F)OCC(F)(F)C(F)(F)F. The van der Waals surface area contributed by atoms with E-state index in [0.717, 1.165) is 26.7 Å². The van der Waals surface area contributed by atoms with E-state index in [9.17, 15) is 43.9 Å². The molecule has 0 atom stereocenters. The molecule has 0 amide bonds. The van der Waals surface area contributed by atoms with Crippen LogP contribution in [-0.2, 0) is 9.31 Å². The van der Waals surface area contributed by atoms with Crippen molar-refractivity contribution in [2.24, 2.45) is 4.99 Å². The highest BCUT2D eigenvalue weighted by Gasteiger charge is 2.60. The molecule has 3 rings (SSSR count). The Morgan fingerprint density at radius 1 is 0.705 bits per heavy atom. The van der Waals surface area contributed by atoms with E-state index in [1.54, 1.807) is 40.7 Å². The van der Waals surface area contributed by atoms with Crippen molar-refractivity contribution in [3.05, 3.63) is 74.2 Å². The summed E-state index contributed by atoms with van der Waals surface area (Å²) in [5.41, 5.74) is 6.22. The Hall–Kier alpha value is -3.07. The van der Waals surface area contributed by atoms with Crippen molar-refractivity contribution in [2.45, 2.75) is 79.6 Å². The first-order valence-corrected chi connectivity index (χ1v) is 13.3. The maximum absolute atomic E-state index is 14.0. The predicted octanol–water partition coefficient (Wildman–Crippen LogP) is 8.78. The molecule has 1 aliphatic heterocycles. The summed E-state index contributed by atoms with van der Waals surface area (Å²) in [6, 6.07) is 3.38. The van der Waals surface area contributed by atoms with Crippen LogP contribution >= 0.6 is 0 Å². The average Bonchev–Trinajstić information content (AvgIpc) is 3.35. The van der Waals surface area contributed by atoms with Crippen LogP contribution in [0.1, 0.15) is 58.6 Å².